The number of benzene rings is 1. The van der Waals surface area contributed by atoms with Crippen LogP contribution in [0.2, 0.25) is 0 Å². The Morgan fingerprint density at radius 2 is 2.31 bits per heavy atom. The van der Waals surface area contributed by atoms with Crippen molar-refractivity contribution in [1.82, 2.24) is 9.59 Å². The SMILES string of the molecule is O=C(Cc1ccc(F)c(Br)c1)c1csnn1. The van der Waals surface area contributed by atoms with Gasteiger partial charge >= 0.3 is 0 Å². The number of nitrogens with zero attached hydrogens (tertiary/aromatic N) is 2. The second kappa shape index (κ2) is 4.80. The summed E-state index contributed by atoms with van der Waals surface area (Å²) in [6.45, 7) is 0. The minimum absolute atomic E-state index is 0.118. The second-order valence-corrected chi connectivity index (χ2v) is 4.60. The molecule has 0 radical (unpaired) electrons. The van der Waals surface area contributed by atoms with Crippen LogP contribution < -0.4 is 0 Å². The van der Waals surface area contributed by atoms with E-state index in [1.54, 1.807) is 17.5 Å². The molecule has 16 heavy (non-hydrogen) atoms. The van der Waals surface area contributed by atoms with E-state index in [-0.39, 0.29) is 18.0 Å². The summed E-state index contributed by atoms with van der Waals surface area (Å²) in [6, 6.07) is 4.50. The van der Waals surface area contributed by atoms with Gasteiger partial charge in [0.05, 0.1) is 4.47 Å². The third-order valence-electron chi connectivity index (χ3n) is 1.99. The monoisotopic (exact) mass is 300 g/mol. The topological polar surface area (TPSA) is 42.9 Å². The van der Waals surface area contributed by atoms with Gasteiger partial charge in [0.15, 0.2) is 5.78 Å². The maximum atomic E-state index is 13.0. The van der Waals surface area contributed by atoms with Gasteiger partial charge in [0.2, 0.25) is 0 Å². The quantitative estimate of drug-likeness (QED) is 0.819. The molecule has 1 aromatic heterocycles. The van der Waals surface area contributed by atoms with Gasteiger partial charge < -0.3 is 0 Å². The Balaban J connectivity index is 2.15. The van der Waals surface area contributed by atoms with Crippen LogP contribution in [0.1, 0.15) is 16.1 Å². The summed E-state index contributed by atoms with van der Waals surface area (Å²) >= 11 is 4.21. The molecule has 0 saturated heterocycles. The fourth-order valence-electron chi connectivity index (χ4n) is 1.21. The molecule has 0 N–H and O–H groups in total. The first-order valence-corrected chi connectivity index (χ1v) is 6.04. The first-order chi connectivity index (χ1) is 7.66. The lowest BCUT2D eigenvalue weighted by atomic mass is 10.1. The van der Waals surface area contributed by atoms with E-state index in [4.69, 9.17) is 0 Å². The highest BCUT2D eigenvalue weighted by atomic mass is 79.9. The summed E-state index contributed by atoms with van der Waals surface area (Å²) in [5.74, 6) is -0.459. The predicted octanol–water partition coefficient (Wildman–Crippen LogP) is 2.87. The fraction of sp³-hybridized carbons (Fsp3) is 0.100. The van der Waals surface area contributed by atoms with Crippen molar-refractivity contribution < 1.29 is 9.18 Å². The van der Waals surface area contributed by atoms with E-state index in [1.165, 1.54) is 6.07 Å². The molecule has 0 atom stereocenters. The summed E-state index contributed by atoms with van der Waals surface area (Å²) in [6.07, 6.45) is 0.199. The van der Waals surface area contributed by atoms with Crippen molar-refractivity contribution >= 4 is 33.2 Å². The van der Waals surface area contributed by atoms with Gasteiger partial charge in [0.1, 0.15) is 11.5 Å². The number of hydrogen-bond acceptors (Lipinski definition) is 4. The molecule has 0 aliphatic carbocycles. The lowest BCUT2D eigenvalue weighted by molar-refractivity contribution is 0.0988. The Morgan fingerprint density at radius 3 is 2.94 bits per heavy atom. The average molecular weight is 301 g/mol. The maximum absolute atomic E-state index is 13.0. The van der Waals surface area contributed by atoms with Crippen molar-refractivity contribution in [3.05, 3.63) is 45.1 Å². The molecule has 0 aliphatic heterocycles. The van der Waals surface area contributed by atoms with E-state index >= 15 is 0 Å². The molecule has 6 heteroatoms. The van der Waals surface area contributed by atoms with Gasteiger partial charge in [0.25, 0.3) is 0 Å². The molecule has 0 amide bonds. The molecule has 0 fully saturated rings. The Kier molecular flexibility index (Phi) is 3.40. The second-order valence-electron chi connectivity index (χ2n) is 3.14. The van der Waals surface area contributed by atoms with E-state index in [9.17, 15) is 9.18 Å². The van der Waals surface area contributed by atoms with Crippen molar-refractivity contribution in [2.45, 2.75) is 6.42 Å². The largest absolute Gasteiger partial charge is 0.292 e. The molecule has 0 spiro atoms. The third-order valence-corrected chi connectivity index (χ3v) is 3.11. The molecule has 2 rings (SSSR count). The van der Waals surface area contributed by atoms with Crippen LogP contribution in [0, 0.1) is 5.82 Å². The van der Waals surface area contributed by atoms with Crippen LogP contribution in [0.5, 0.6) is 0 Å². The third kappa shape index (κ3) is 2.51. The van der Waals surface area contributed by atoms with Gasteiger partial charge in [-0.05, 0) is 45.2 Å². The molecule has 1 heterocycles. The van der Waals surface area contributed by atoms with Crippen LogP contribution in [-0.4, -0.2) is 15.4 Å². The number of aromatic nitrogens is 2. The standard InChI is InChI=1S/C10H6BrFN2OS/c11-7-3-6(1-2-8(7)12)4-10(15)9-5-16-14-13-9/h1-3,5H,4H2. The fourth-order valence-corrected chi connectivity index (χ4v) is 2.10. The summed E-state index contributed by atoms with van der Waals surface area (Å²) < 4.78 is 16.9. The van der Waals surface area contributed by atoms with Crippen molar-refractivity contribution in [3.63, 3.8) is 0 Å². The summed E-state index contributed by atoms with van der Waals surface area (Å²) in [5.41, 5.74) is 1.09. The van der Waals surface area contributed by atoms with Crippen LogP contribution >= 0.6 is 27.5 Å². The molecule has 0 saturated carbocycles. The summed E-state index contributed by atoms with van der Waals surface area (Å²) in [5, 5.41) is 5.28. The first kappa shape index (κ1) is 11.3. The van der Waals surface area contributed by atoms with E-state index in [2.05, 4.69) is 25.5 Å². The number of hydrogen-bond donors (Lipinski definition) is 0. The Bertz CT molecular complexity index is 516. The number of rotatable bonds is 3. The van der Waals surface area contributed by atoms with Crippen molar-refractivity contribution in [2.24, 2.45) is 0 Å². The lowest BCUT2D eigenvalue weighted by Gasteiger charge is -2.00. The maximum Gasteiger partial charge on any atom is 0.188 e. The Hall–Kier alpha value is -1.14. The first-order valence-electron chi connectivity index (χ1n) is 4.41. The van der Waals surface area contributed by atoms with Gasteiger partial charge in [-0.1, -0.05) is 10.6 Å². The molecule has 0 bridgehead atoms. The van der Waals surface area contributed by atoms with Gasteiger partial charge in [-0.3, -0.25) is 4.79 Å². The molecule has 1 aromatic carbocycles. The highest BCUT2D eigenvalue weighted by Crippen LogP contribution is 2.18. The number of Topliss-reactive ketones (excluding diaryl/α,β-unsaturated/α-hetero) is 1. The zero-order chi connectivity index (χ0) is 11.5. The molecular weight excluding hydrogens is 295 g/mol. The van der Waals surface area contributed by atoms with Gasteiger partial charge in [-0.25, -0.2) is 4.39 Å². The Labute approximate surface area is 104 Å². The zero-order valence-corrected chi connectivity index (χ0v) is 10.4. The Morgan fingerprint density at radius 1 is 1.50 bits per heavy atom. The number of ketones is 1. The van der Waals surface area contributed by atoms with E-state index in [0.29, 0.717) is 10.2 Å². The number of carbonyl (C=O) groups excluding carboxylic acids is 1. The molecular formula is C10H6BrFN2OS. The van der Waals surface area contributed by atoms with E-state index < -0.39 is 0 Å². The van der Waals surface area contributed by atoms with Crippen molar-refractivity contribution in [1.29, 1.82) is 0 Å². The van der Waals surface area contributed by atoms with Crippen molar-refractivity contribution in [3.8, 4) is 0 Å². The molecule has 0 unspecified atom stereocenters. The summed E-state index contributed by atoms with van der Waals surface area (Å²) in [7, 11) is 0. The summed E-state index contributed by atoms with van der Waals surface area (Å²) in [4.78, 5) is 11.7. The smallest absolute Gasteiger partial charge is 0.188 e. The van der Waals surface area contributed by atoms with Gasteiger partial charge in [-0.2, -0.15) is 0 Å². The molecule has 0 aliphatic rings. The number of halogens is 2. The van der Waals surface area contributed by atoms with Crippen LogP contribution in [0.4, 0.5) is 4.39 Å². The van der Waals surface area contributed by atoms with Gasteiger partial charge in [0, 0.05) is 11.8 Å². The van der Waals surface area contributed by atoms with Crippen LogP contribution in [0.15, 0.2) is 28.1 Å². The van der Waals surface area contributed by atoms with Gasteiger partial charge in [-0.15, -0.1) is 5.10 Å². The van der Waals surface area contributed by atoms with Crippen molar-refractivity contribution in [2.75, 3.05) is 0 Å². The number of carbonyl (C=O) groups is 1. The minimum Gasteiger partial charge on any atom is -0.292 e. The van der Waals surface area contributed by atoms with Crippen LogP contribution in [-0.2, 0) is 6.42 Å². The lowest BCUT2D eigenvalue weighted by Crippen LogP contribution is -2.04. The van der Waals surface area contributed by atoms with Crippen LogP contribution in [0.3, 0.4) is 0 Å². The highest BCUT2D eigenvalue weighted by molar-refractivity contribution is 9.10. The average Bonchev–Trinajstić information content (AvgIpc) is 2.77. The van der Waals surface area contributed by atoms with E-state index in [1.807, 2.05) is 0 Å². The predicted molar refractivity (Wildman–Crippen MR) is 62.0 cm³/mol. The molecule has 82 valence electrons. The molecule has 2 aromatic rings. The minimum atomic E-state index is -0.341. The van der Waals surface area contributed by atoms with Crippen LogP contribution in [0.25, 0.3) is 0 Å². The zero-order valence-electron chi connectivity index (χ0n) is 7.98. The highest BCUT2D eigenvalue weighted by Gasteiger charge is 2.10. The normalized spacial score (nSPS) is 10.4. The molecule has 3 nitrogen and oxygen atoms in total. The van der Waals surface area contributed by atoms with E-state index in [0.717, 1.165) is 17.1 Å².